The van der Waals surface area contributed by atoms with Gasteiger partial charge in [0.25, 0.3) is 0 Å². The Morgan fingerprint density at radius 2 is 1.82 bits per heavy atom. The first-order valence-electron chi connectivity index (χ1n) is 7.63. The van der Waals surface area contributed by atoms with E-state index in [0.717, 1.165) is 22.1 Å². The predicted molar refractivity (Wildman–Crippen MR) is 96.9 cm³/mol. The molecule has 0 saturated carbocycles. The summed E-state index contributed by atoms with van der Waals surface area (Å²) in [5, 5.41) is 3.21. The van der Waals surface area contributed by atoms with E-state index in [1.54, 1.807) is 0 Å². The van der Waals surface area contributed by atoms with Crippen molar-refractivity contribution in [1.29, 1.82) is 0 Å². The number of rotatable bonds is 4. The summed E-state index contributed by atoms with van der Waals surface area (Å²) in [5.74, 6) is 0. The minimum atomic E-state index is -0.319. The van der Waals surface area contributed by atoms with Gasteiger partial charge in [0.15, 0.2) is 0 Å². The minimum absolute atomic E-state index is 0.318. The first-order chi connectivity index (χ1) is 10.2. The summed E-state index contributed by atoms with van der Waals surface area (Å²) in [5.41, 5.74) is 2.83. The van der Waals surface area contributed by atoms with Crippen LogP contribution in [0, 0.1) is 6.92 Å². The molecular formula is C17H25BBrNO2. The van der Waals surface area contributed by atoms with Crippen molar-refractivity contribution in [2.24, 2.45) is 0 Å². The van der Waals surface area contributed by atoms with Crippen molar-refractivity contribution < 1.29 is 9.31 Å². The molecule has 2 rings (SSSR count). The number of likely N-dealkylation sites (N-methyl/N-ethyl adjacent to an activating group) is 1. The fourth-order valence-corrected chi connectivity index (χ4v) is 2.62. The van der Waals surface area contributed by atoms with Gasteiger partial charge in [0.05, 0.1) is 11.2 Å². The third-order valence-corrected chi connectivity index (χ3v) is 5.36. The van der Waals surface area contributed by atoms with Gasteiger partial charge in [-0.05, 0) is 64.3 Å². The molecule has 1 aromatic rings. The number of aryl methyl sites for hydroxylation is 1. The summed E-state index contributed by atoms with van der Waals surface area (Å²) in [4.78, 5) is 0. The highest BCUT2D eigenvalue weighted by atomic mass is 79.9. The van der Waals surface area contributed by atoms with Gasteiger partial charge in [0, 0.05) is 11.0 Å². The predicted octanol–water partition coefficient (Wildman–Crippen LogP) is 3.99. The smallest absolute Gasteiger partial charge is 0.400 e. The third-order valence-electron chi connectivity index (χ3n) is 4.47. The molecule has 1 aliphatic heterocycles. The average molecular weight is 366 g/mol. The fraction of sp³-hybridized carbons (Fsp3) is 0.529. The van der Waals surface area contributed by atoms with Crippen molar-refractivity contribution >= 4 is 29.1 Å². The zero-order chi connectivity index (χ0) is 16.5. The van der Waals surface area contributed by atoms with Crippen molar-refractivity contribution in [2.45, 2.75) is 45.8 Å². The van der Waals surface area contributed by atoms with E-state index in [1.165, 1.54) is 5.56 Å². The Bertz CT molecular complexity index is 568. The number of benzene rings is 1. The molecule has 0 atom stereocenters. The van der Waals surface area contributed by atoms with E-state index in [9.17, 15) is 0 Å². The van der Waals surface area contributed by atoms with E-state index in [0.29, 0.717) is 0 Å². The molecule has 0 radical (unpaired) electrons. The number of halogens is 1. The van der Waals surface area contributed by atoms with Crippen LogP contribution in [0.1, 0.15) is 38.8 Å². The summed E-state index contributed by atoms with van der Waals surface area (Å²) in [6, 6.07) is 6.32. The molecule has 0 unspecified atom stereocenters. The van der Waals surface area contributed by atoms with Crippen LogP contribution in [0.15, 0.2) is 28.1 Å². The lowest BCUT2D eigenvalue weighted by Crippen LogP contribution is -2.41. The zero-order valence-corrected chi connectivity index (χ0v) is 15.9. The van der Waals surface area contributed by atoms with Gasteiger partial charge in [-0.3, -0.25) is 0 Å². The number of nitrogens with one attached hydrogen (secondary N) is 1. The van der Waals surface area contributed by atoms with Gasteiger partial charge >= 0.3 is 7.12 Å². The molecule has 1 aliphatic rings. The van der Waals surface area contributed by atoms with Crippen LogP contribution in [0.4, 0.5) is 0 Å². The first kappa shape index (κ1) is 17.7. The molecule has 0 bridgehead atoms. The second-order valence-corrected chi connectivity index (χ2v) is 7.70. The van der Waals surface area contributed by atoms with Gasteiger partial charge in [0.1, 0.15) is 0 Å². The number of hydrogen-bond acceptors (Lipinski definition) is 3. The molecule has 0 spiro atoms. The molecule has 1 N–H and O–H groups in total. The van der Waals surface area contributed by atoms with E-state index in [2.05, 4.69) is 80.1 Å². The average Bonchev–Trinajstić information content (AvgIpc) is 2.62. The molecule has 1 saturated heterocycles. The molecule has 1 fully saturated rings. The van der Waals surface area contributed by atoms with E-state index >= 15 is 0 Å². The highest BCUT2D eigenvalue weighted by molar-refractivity contribution is 9.10. The molecular weight excluding hydrogens is 341 g/mol. The molecule has 1 heterocycles. The highest BCUT2D eigenvalue weighted by Crippen LogP contribution is 2.38. The van der Waals surface area contributed by atoms with Crippen LogP contribution in [0.2, 0.25) is 0 Å². The zero-order valence-electron chi connectivity index (χ0n) is 14.3. The van der Waals surface area contributed by atoms with Gasteiger partial charge in [-0.25, -0.2) is 0 Å². The second-order valence-electron chi connectivity index (χ2n) is 6.85. The largest absolute Gasteiger partial charge is 0.491 e. The van der Waals surface area contributed by atoms with Crippen molar-refractivity contribution in [1.82, 2.24) is 5.32 Å². The van der Waals surface area contributed by atoms with E-state index in [-0.39, 0.29) is 18.3 Å². The summed E-state index contributed by atoms with van der Waals surface area (Å²) >= 11 is 3.54. The molecule has 0 aliphatic carbocycles. The SMILES string of the molecule is CNCC(=Cc1ccc(Br)c(C)c1)B1OC(C)(C)C(C)(C)O1. The molecule has 5 heteroatoms. The van der Waals surface area contributed by atoms with Gasteiger partial charge in [-0.15, -0.1) is 0 Å². The molecule has 0 amide bonds. The van der Waals surface area contributed by atoms with Crippen LogP contribution in [-0.4, -0.2) is 31.9 Å². The highest BCUT2D eigenvalue weighted by Gasteiger charge is 2.52. The molecule has 22 heavy (non-hydrogen) atoms. The summed E-state index contributed by atoms with van der Waals surface area (Å²) in [6.07, 6.45) is 2.15. The Balaban J connectivity index is 2.31. The van der Waals surface area contributed by atoms with Crippen molar-refractivity contribution in [3.8, 4) is 0 Å². The van der Waals surface area contributed by atoms with Crippen LogP contribution >= 0.6 is 15.9 Å². The van der Waals surface area contributed by atoms with Crippen molar-refractivity contribution in [2.75, 3.05) is 13.6 Å². The molecule has 3 nitrogen and oxygen atoms in total. The normalized spacial score (nSPS) is 20.5. The Labute approximate surface area is 142 Å². The van der Waals surface area contributed by atoms with E-state index < -0.39 is 0 Å². The first-order valence-corrected chi connectivity index (χ1v) is 8.42. The third kappa shape index (κ3) is 3.65. The molecule has 1 aromatic carbocycles. The van der Waals surface area contributed by atoms with Gasteiger partial charge in [0.2, 0.25) is 0 Å². The van der Waals surface area contributed by atoms with Gasteiger partial charge in [-0.1, -0.05) is 34.1 Å². The monoisotopic (exact) mass is 365 g/mol. The maximum absolute atomic E-state index is 6.17. The summed E-state index contributed by atoms with van der Waals surface area (Å²) in [7, 11) is 1.62. The van der Waals surface area contributed by atoms with Crippen molar-refractivity contribution in [3.63, 3.8) is 0 Å². The minimum Gasteiger partial charge on any atom is -0.400 e. The summed E-state index contributed by atoms with van der Waals surface area (Å²) in [6.45, 7) is 11.1. The van der Waals surface area contributed by atoms with Crippen LogP contribution in [-0.2, 0) is 9.31 Å². The summed E-state index contributed by atoms with van der Waals surface area (Å²) < 4.78 is 13.5. The fourth-order valence-electron chi connectivity index (χ4n) is 2.37. The quantitative estimate of drug-likeness (QED) is 0.818. The Hall–Kier alpha value is -0.615. The maximum Gasteiger partial charge on any atom is 0.491 e. The second kappa shape index (κ2) is 6.48. The van der Waals surface area contributed by atoms with E-state index in [1.807, 2.05) is 7.05 Å². The maximum atomic E-state index is 6.17. The Morgan fingerprint density at radius 1 is 1.23 bits per heavy atom. The number of hydrogen-bond donors (Lipinski definition) is 1. The lowest BCUT2D eigenvalue weighted by atomic mass is 9.77. The van der Waals surface area contributed by atoms with Gasteiger partial charge in [-0.2, -0.15) is 0 Å². The van der Waals surface area contributed by atoms with Crippen LogP contribution in [0.25, 0.3) is 6.08 Å². The van der Waals surface area contributed by atoms with Crippen molar-refractivity contribution in [3.05, 3.63) is 39.3 Å². The van der Waals surface area contributed by atoms with Gasteiger partial charge < -0.3 is 14.6 Å². The molecule has 120 valence electrons. The van der Waals surface area contributed by atoms with Crippen LogP contribution in [0.5, 0.6) is 0 Å². The standard InChI is InChI=1S/C17H25BBrNO2/c1-12-9-13(7-8-15(12)19)10-14(11-20-6)18-21-16(2,3)17(4,5)22-18/h7-10,20H,11H2,1-6H3. The van der Waals surface area contributed by atoms with Crippen LogP contribution < -0.4 is 5.32 Å². The lowest BCUT2D eigenvalue weighted by molar-refractivity contribution is 0.00578. The van der Waals surface area contributed by atoms with E-state index in [4.69, 9.17) is 9.31 Å². The Kier molecular flexibility index (Phi) is 5.22. The topological polar surface area (TPSA) is 30.5 Å². The Morgan fingerprint density at radius 3 is 2.32 bits per heavy atom. The molecule has 0 aromatic heterocycles. The lowest BCUT2D eigenvalue weighted by Gasteiger charge is -2.32. The van der Waals surface area contributed by atoms with Crippen LogP contribution in [0.3, 0.4) is 0 Å².